The number of nitrogens with one attached hydrogen (secondary N) is 1. The maximum atomic E-state index is 12.3. The van der Waals surface area contributed by atoms with Gasteiger partial charge in [-0.05, 0) is 12.5 Å². The minimum absolute atomic E-state index is 0.00693. The van der Waals surface area contributed by atoms with Crippen molar-refractivity contribution < 1.29 is 15.0 Å². The molecule has 0 saturated heterocycles. The summed E-state index contributed by atoms with van der Waals surface area (Å²) >= 11 is 0. The van der Waals surface area contributed by atoms with Crippen LogP contribution >= 0.6 is 0 Å². The van der Waals surface area contributed by atoms with Crippen molar-refractivity contribution in [2.75, 3.05) is 6.54 Å². The van der Waals surface area contributed by atoms with Crippen LogP contribution in [-0.2, 0) is 0 Å². The maximum Gasteiger partial charge on any atom is 0.255 e. The van der Waals surface area contributed by atoms with Crippen LogP contribution in [-0.4, -0.2) is 22.7 Å². The second-order valence-electron chi connectivity index (χ2n) is 7.28. The molecule has 0 aromatic heterocycles. The van der Waals surface area contributed by atoms with Crippen LogP contribution in [0.4, 0.5) is 0 Å². The lowest BCUT2D eigenvalue weighted by Gasteiger charge is -2.10. The third kappa shape index (κ3) is 6.46. The molecular weight excluding hydrogens is 338 g/mol. The van der Waals surface area contributed by atoms with E-state index in [1.54, 1.807) is 24.3 Å². The van der Waals surface area contributed by atoms with E-state index in [1.807, 2.05) is 0 Å². The van der Waals surface area contributed by atoms with Gasteiger partial charge < -0.3 is 15.5 Å². The van der Waals surface area contributed by atoms with Crippen LogP contribution in [0.15, 0.2) is 30.3 Å². The fraction of sp³-hybridized carbons (Fsp3) is 0.522. The quantitative estimate of drug-likeness (QED) is 0.321. The van der Waals surface area contributed by atoms with Crippen LogP contribution in [0.5, 0.6) is 11.5 Å². The highest BCUT2D eigenvalue weighted by molar-refractivity contribution is 6.05. The molecule has 0 aliphatic rings. The number of amides is 1. The number of rotatable bonds is 12. The monoisotopic (exact) mass is 371 g/mol. The van der Waals surface area contributed by atoms with Crippen molar-refractivity contribution in [3.05, 3.63) is 35.9 Å². The zero-order chi connectivity index (χ0) is 19.5. The Labute approximate surface area is 162 Å². The van der Waals surface area contributed by atoms with Crippen molar-refractivity contribution in [3.63, 3.8) is 0 Å². The second-order valence-corrected chi connectivity index (χ2v) is 7.28. The van der Waals surface area contributed by atoms with Crippen LogP contribution in [0.25, 0.3) is 10.8 Å². The average molecular weight is 372 g/mol. The van der Waals surface area contributed by atoms with Gasteiger partial charge >= 0.3 is 0 Å². The highest BCUT2D eigenvalue weighted by Crippen LogP contribution is 2.35. The third-order valence-corrected chi connectivity index (χ3v) is 5.05. The van der Waals surface area contributed by atoms with Gasteiger partial charge in [0.15, 0.2) is 0 Å². The number of benzene rings is 2. The SMILES string of the molecule is CCCCCCCCCCCCNC(=O)c1cc(O)c2ccccc2c1O. The molecule has 1 amide bonds. The Bertz CT molecular complexity index is 727. The van der Waals surface area contributed by atoms with Crippen molar-refractivity contribution in [2.24, 2.45) is 0 Å². The van der Waals surface area contributed by atoms with Gasteiger partial charge in [0, 0.05) is 17.3 Å². The molecule has 2 aromatic carbocycles. The topological polar surface area (TPSA) is 69.6 Å². The fourth-order valence-electron chi connectivity index (χ4n) is 3.42. The van der Waals surface area contributed by atoms with E-state index in [4.69, 9.17) is 0 Å². The van der Waals surface area contributed by atoms with Crippen LogP contribution in [0.3, 0.4) is 0 Å². The molecule has 148 valence electrons. The van der Waals surface area contributed by atoms with Gasteiger partial charge in [-0.1, -0.05) is 89.0 Å². The Morgan fingerprint density at radius 2 is 1.41 bits per heavy atom. The van der Waals surface area contributed by atoms with Crippen LogP contribution < -0.4 is 5.32 Å². The van der Waals surface area contributed by atoms with Crippen molar-refractivity contribution >= 4 is 16.7 Å². The van der Waals surface area contributed by atoms with Gasteiger partial charge in [-0.3, -0.25) is 4.79 Å². The van der Waals surface area contributed by atoms with Gasteiger partial charge in [0.1, 0.15) is 11.5 Å². The lowest BCUT2D eigenvalue weighted by molar-refractivity contribution is 0.0950. The molecule has 0 aliphatic heterocycles. The number of phenols is 2. The van der Waals surface area contributed by atoms with Gasteiger partial charge in [-0.25, -0.2) is 0 Å². The van der Waals surface area contributed by atoms with E-state index in [-0.39, 0.29) is 23.0 Å². The number of hydrogen-bond donors (Lipinski definition) is 3. The molecule has 2 aromatic rings. The molecule has 27 heavy (non-hydrogen) atoms. The molecule has 0 bridgehead atoms. The molecule has 0 fully saturated rings. The molecule has 0 heterocycles. The largest absolute Gasteiger partial charge is 0.507 e. The summed E-state index contributed by atoms with van der Waals surface area (Å²) in [6, 6.07) is 8.31. The van der Waals surface area contributed by atoms with Gasteiger partial charge in [0.2, 0.25) is 0 Å². The number of aromatic hydroxyl groups is 2. The molecule has 0 radical (unpaired) electrons. The first kappa shape index (κ1) is 21.1. The molecule has 0 atom stereocenters. The second kappa shape index (κ2) is 11.5. The van der Waals surface area contributed by atoms with E-state index >= 15 is 0 Å². The standard InChI is InChI=1S/C23H33NO3/c1-2-3-4-5-6-7-8-9-10-13-16-24-23(27)20-17-21(25)18-14-11-12-15-19(18)22(20)26/h11-12,14-15,17,25-26H,2-10,13,16H2,1H3,(H,24,27). The zero-order valence-electron chi connectivity index (χ0n) is 16.5. The number of phenolic OH excluding ortho intramolecular Hbond substituents is 2. The van der Waals surface area contributed by atoms with Crippen LogP contribution in [0, 0.1) is 0 Å². The van der Waals surface area contributed by atoms with E-state index in [0.29, 0.717) is 17.3 Å². The number of carbonyl (C=O) groups is 1. The molecule has 2 rings (SSSR count). The molecule has 4 nitrogen and oxygen atoms in total. The van der Waals surface area contributed by atoms with E-state index in [9.17, 15) is 15.0 Å². The van der Waals surface area contributed by atoms with E-state index in [0.717, 1.165) is 12.8 Å². The zero-order valence-corrected chi connectivity index (χ0v) is 16.5. The molecular formula is C23H33NO3. The predicted octanol–water partition coefficient (Wildman–Crippen LogP) is 5.90. The normalized spacial score (nSPS) is 11.0. The summed E-state index contributed by atoms with van der Waals surface area (Å²) in [5.74, 6) is -0.416. The maximum absolute atomic E-state index is 12.3. The average Bonchev–Trinajstić information content (AvgIpc) is 2.68. The molecule has 0 aliphatic carbocycles. The minimum Gasteiger partial charge on any atom is -0.507 e. The molecule has 4 heteroatoms. The van der Waals surface area contributed by atoms with Crippen molar-refractivity contribution in [1.82, 2.24) is 5.32 Å². The number of unbranched alkanes of at least 4 members (excludes halogenated alkanes) is 9. The van der Waals surface area contributed by atoms with E-state index in [2.05, 4.69) is 12.2 Å². The van der Waals surface area contributed by atoms with Gasteiger partial charge in [0.05, 0.1) is 5.56 Å². The van der Waals surface area contributed by atoms with Gasteiger partial charge in [0.25, 0.3) is 5.91 Å². The number of hydrogen-bond acceptors (Lipinski definition) is 3. The van der Waals surface area contributed by atoms with E-state index < -0.39 is 0 Å². The predicted molar refractivity (Wildman–Crippen MR) is 111 cm³/mol. The lowest BCUT2D eigenvalue weighted by atomic mass is 10.0. The molecule has 0 spiro atoms. The van der Waals surface area contributed by atoms with Crippen LogP contribution in [0.2, 0.25) is 0 Å². The smallest absolute Gasteiger partial charge is 0.255 e. The molecule has 0 saturated carbocycles. The Morgan fingerprint density at radius 3 is 2.04 bits per heavy atom. The van der Waals surface area contributed by atoms with Crippen LogP contribution in [0.1, 0.15) is 81.5 Å². The summed E-state index contributed by atoms with van der Waals surface area (Å²) in [6.45, 7) is 2.82. The molecule has 3 N–H and O–H groups in total. The lowest BCUT2D eigenvalue weighted by Crippen LogP contribution is -2.24. The summed E-state index contributed by atoms with van der Waals surface area (Å²) in [6.07, 6.45) is 12.5. The van der Waals surface area contributed by atoms with Gasteiger partial charge in [-0.15, -0.1) is 0 Å². The summed E-state index contributed by atoms with van der Waals surface area (Å²) in [7, 11) is 0. The van der Waals surface area contributed by atoms with Crippen molar-refractivity contribution in [3.8, 4) is 11.5 Å². The highest BCUT2D eigenvalue weighted by Gasteiger charge is 2.16. The summed E-state index contributed by atoms with van der Waals surface area (Å²) in [5.41, 5.74) is 0.123. The van der Waals surface area contributed by atoms with Crippen molar-refractivity contribution in [1.29, 1.82) is 0 Å². The molecule has 0 unspecified atom stereocenters. The minimum atomic E-state index is -0.343. The van der Waals surface area contributed by atoms with E-state index in [1.165, 1.54) is 57.4 Å². The summed E-state index contributed by atoms with van der Waals surface area (Å²) in [5, 5.41) is 24.3. The third-order valence-electron chi connectivity index (χ3n) is 5.05. The Kier molecular flexibility index (Phi) is 8.96. The highest BCUT2D eigenvalue weighted by atomic mass is 16.3. The first-order valence-electron chi connectivity index (χ1n) is 10.4. The van der Waals surface area contributed by atoms with Crippen molar-refractivity contribution in [2.45, 2.75) is 71.1 Å². The van der Waals surface area contributed by atoms with Gasteiger partial charge in [-0.2, -0.15) is 0 Å². The Morgan fingerprint density at radius 1 is 0.852 bits per heavy atom. The summed E-state index contributed by atoms with van der Waals surface area (Å²) < 4.78 is 0. The fourth-order valence-corrected chi connectivity index (χ4v) is 3.42. The number of fused-ring (bicyclic) bond motifs is 1. The summed E-state index contributed by atoms with van der Waals surface area (Å²) in [4.78, 5) is 12.3. The first-order valence-corrected chi connectivity index (χ1v) is 10.4. The first-order chi connectivity index (χ1) is 13.1. The Hall–Kier alpha value is -2.23. The Balaban J connectivity index is 1.68. The number of carbonyl (C=O) groups excluding carboxylic acids is 1.